The van der Waals surface area contributed by atoms with Gasteiger partial charge in [-0.2, -0.15) is 0 Å². The Morgan fingerprint density at radius 1 is 1.11 bits per heavy atom. The van der Waals surface area contributed by atoms with Crippen LogP contribution in [0.15, 0.2) is 36.7 Å². The first-order valence-corrected chi connectivity index (χ1v) is 9.15. The van der Waals surface area contributed by atoms with Crippen molar-refractivity contribution in [2.45, 2.75) is 13.3 Å². The summed E-state index contributed by atoms with van der Waals surface area (Å²) < 4.78 is 10.4. The molecule has 1 fully saturated rings. The number of carbonyl (C=O) groups is 2. The predicted octanol–water partition coefficient (Wildman–Crippen LogP) is 1.23. The standard InChI is InChI=1S/C20H24N4O4/c1-15-4-5-16(12-17(15)27-2)13-19(26)28-14-18(25)23-8-10-24(11-9-23)20-21-6-3-7-22-20/h3-7,12H,8-11,13-14H2,1-2H3. The highest BCUT2D eigenvalue weighted by molar-refractivity contribution is 5.81. The Bertz CT molecular complexity index is 820. The predicted molar refractivity (Wildman–Crippen MR) is 103 cm³/mol. The van der Waals surface area contributed by atoms with Crippen LogP contribution < -0.4 is 9.64 Å². The van der Waals surface area contributed by atoms with E-state index in [0.717, 1.165) is 16.9 Å². The van der Waals surface area contributed by atoms with Crippen molar-refractivity contribution in [2.24, 2.45) is 0 Å². The Balaban J connectivity index is 1.43. The third-order valence-electron chi connectivity index (χ3n) is 4.64. The lowest BCUT2D eigenvalue weighted by atomic mass is 10.1. The second-order valence-electron chi connectivity index (χ2n) is 6.56. The van der Waals surface area contributed by atoms with E-state index in [1.807, 2.05) is 30.0 Å². The van der Waals surface area contributed by atoms with Crippen LogP contribution in [0.4, 0.5) is 5.95 Å². The molecule has 0 bridgehead atoms. The molecule has 0 N–H and O–H groups in total. The first kappa shape index (κ1) is 19.6. The van der Waals surface area contributed by atoms with E-state index in [4.69, 9.17) is 9.47 Å². The van der Waals surface area contributed by atoms with Gasteiger partial charge in [-0.3, -0.25) is 9.59 Å². The van der Waals surface area contributed by atoms with Gasteiger partial charge in [-0.1, -0.05) is 12.1 Å². The van der Waals surface area contributed by atoms with E-state index in [9.17, 15) is 9.59 Å². The van der Waals surface area contributed by atoms with Crippen molar-refractivity contribution in [2.75, 3.05) is 44.8 Å². The number of rotatable bonds is 6. The summed E-state index contributed by atoms with van der Waals surface area (Å²) in [6.07, 6.45) is 3.49. The number of nitrogens with zero attached hydrogens (tertiary/aromatic N) is 4. The fraction of sp³-hybridized carbons (Fsp3) is 0.400. The van der Waals surface area contributed by atoms with Gasteiger partial charge in [0.2, 0.25) is 5.95 Å². The number of hydrogen-bond acceptors (Lipinski definition) is 7. The number of anilines is 1. The van der Waals surface area contributed by atoms with Crippen LogP contribution in [0.3, 0.4) is 0 Å². The van der Waals surface area contributed by atoms with E-state index < -0.39 is 5.97 Å². The molecule has 2 heterocycles. The number of piperazine rings is 1. The van der Waals surface area contributed by atoms with Gasteiger partial charge in [0, 0.05) is 38.6 Å². The number of aryl methyl sites for hydroxylation is 1. The van der Waals surface area contributed by atoms with Crippen molar-refractivity contribution < 1.29 is 19.1 Å². The highest BCUT2D eigenvalue weighted by Gasteiger charge is 2.23. The van der Waals surface area contributed by atoms with E-state index in [0.29, 0.717) is 32.1 Å². The van der Waals surface area contributed by atoms with E-state index >= 15 is 0 Å². The Labute approximate surface area is 164 Å². The molecule has 2 aromatic rings. The molecule has 148 valence electrons. The molecule has 28 heavy (non-hydrogen) atoms. The monoisotopic (exact) mass is 384 g/mol. The van der Waals surface area contributed by atoms with Gasteiger partial charge in [0.05, 0.1) is 13.5 Å². The molecule has 1 aliphatic rings. The minimum absolute atomic E-state index is 0.100. The second kappa shape index (κ2) is 9.16. The summed E-state index contributed by atoms with van der Waals surface area (Å²) in [6, 6.07) is 7.32. The molecule has 1 aliphatic heterocycles. The number of amides is 1. The zero-order valence-corrected chi connectivity index (χ0v) is 16.1. The zero-order valence-electron chi connectivity index (χ0n) is 16.1. The van der Waals surface area contributed by atoms with Crippen LogP contribution in [0.5, 0.6) is 5.75 Å². The molecule has 0 spiro atoms. The first-order chi connectivity index (χ1) is 13.6. The summed E-state index contributed by atoms with van der Waals surface area (Å²) in [5, 5.41) is 0. The molecule has 1 saturated heterocycles. The summed E-state index contributed by atoms with van der Waals surface area (Å²) in [7, 11) is 1.59. The van der Waals surface area contributed by atoms with Crippen LogP contribution >= 0.6 is 0 Å². The zero-order chi connectivity index (χ0) is 19.9. The quantitative estimate of drug-likeness (QED) is 0.693. The topological polar surface area (TPSA) is 84.9 Å². The molecule has 0 aliphatic carbocycles. The molecule has 1 aromatic carbocycles. The molecular formula is C20H24N4O4. The van der Waals surface area contributed by atoms with Crippen LogP contribution in [0, 0.1) is 6.92 Å². The lowest BCUT2D eigenvalue weighted by molar-refractivity contribution is -0.151. The Hall–Kier alpha value is -3.16. The number of methoxy groups -OCH3 is 1. The Kier molecular flexibility index (Phi) is 6.41. The van der Waals surface area contributed by atoms with E-state index in [2.05, 4.69) is 9.97 Å². The number of ether oxygens (including phenoxy) is 2. The molecule has 8 heteroatoms. The molecule has 0 saturated carbocycles. The van der Waals surface area contributed by atoms with Crippen LogP contribution in [0.2, 0.25) is 0 Å². The summed E-state index contributed by atoms with van der Waals surface area (Å²) in [5.41, 5.74) is 1.78. The van der Waals surface area contributed by atoms with E-state index in [-0.39, 0.29) is 18.9 Å². The third kappa shape index (κ3) is 4.97. The molecule has 8 nitrogen and oxygen atoms in total. The van der Waals surface area contributed by atoms with Gasteiger partial charge in [-0.15, -0.1) is 0 Å². The molecule has 1 amide bonds. The molecule has 0 unspecified atom stereocenters. The van der Waals surface area contributed by atoms with Crippen molar-refractivity contribution in [1.82, 2.24) is 14.9 Å². The molecule has 1 aromatic heterocycles. The third-order valence-corrected chi connectivity index (χ3v) is 4.64. The van der Waals surface area contributed by atoms with Crippen LogP contribution in [0.1, 0.15) is 11.1 Å². The molecule has 0 atom stereocenters. The summed E-state index contributed by atoms with van der Waals surface area (Å²) in [5.74, 6) is 0.759. The summed E-state index contributed by atoms with van der Waals surface area (Å²) in [4.78, 5) is 36.6. The van der Waals surface area contributed by atoms with Gasteiger partial charge in [-0.25, -0.2) is 9.97 Å². The Morgan fingerprint density at radius 3 is 2.50 bits per heavy atom. The van der Waals surface area contributed by atoms with Gasteiger partial charge in [0.1, 0.15) is 5.75 Å². The van der Waals surface area contributed by atoms with Gasteiger partial charge < -0.3 is 19.3 Å². The van der Waals surface area contributed by atoms with E-state index in [1.165, 1.54) is 0 Å². The smallest absolute Gasteiger partial charge is 0.310 e. The number of esters is 1. The van der Waals surface area contributed by atoms with Gasteiger partial charge in [0.25, 0.3) is 5.91 Å². The molecular weight excluding hydrogens is 360 g/mol. The average molecular weight is 384 g/mol. The van der Waals surface area contributed by atoms with Crippen LogP contribution in [-0.4, -0.2) is 66.6 Å². The number of benzene rings is 1. The normalized spacial score (nSPS) is 13.9. The second-order valence-corrected chi connectivity index (χ2v) is 6.56. The number of carbonyl (C=O) groups excluding carboxylic acids is 2. The van der Waals surface area contributed by atoms with Crippen molar-refractivity contribution in [1.29, 1.82) is 0 Å². The fourth-order valence-corrected chi connectivity index (χ4v) is 3.04. The average Bonchev–Trinajstić information content (AvgIpc) is 2.74. The van der Waals surface area contributed by atoms with Crippen molar-refractivity contribution in [3.8, 4) is 5.75 Å². The summed E-state index contributed by atoms with van der Waals surface area (Å²) in [6.45, 7) is 4.07. The molecule has 3 rings (SSSR count). The maximum Gasteiger partial charge on any atom is 0.310 e. The number of aromatic nitrogens is 2. The minimum Gasteiger partial charge on any atom is -0.496 e. The van der Waals surface area contributed by atoms with Crippen molar-refractivity contribution >= 4 is 17.8 Å². The lowest BCUT2D eigenvalue weighted by Gasteiger charge is -2.34. The first-order valence-electron chi connectivity index (χ1n) is 9.15. The van der Waals surface area contributed by atoms with Gasteiger partial charge in [-0.05, 0) is 30.2 Å². The van der Waals surface area contributed by atoms with E-state index in [1.54, 1.807) is 30.5 Å². The van der Waals surface area contributed by atoms with Crippen molar-refractivity contribution in [3.63, 3.8) is 0 Å². The summed E-state index contributed by atoms with van der Waals surface area (Å²) >= 11 is 0. The largest absolute Gasteiger partial charge is 0.496 e. The highest BCUT2D eigenvalue weighted by Crippen LogP contribution is 2.19. The minimum atomic E-state index is -0.435. The highest BCUT2D eigenvalue weighted by atomic mass is 16.5. The maximum absolute atomic E-state index is 12.3. The van der Waals surface area contributed by atoms with Gasteiger partial charge in [0.15, 0.2) is 6.61 Å². The van der Waals surface area contributed by atoms with Crippen molar-refractivity contribution in [3.05, 3.63) is 47.8 Å². The Morgan fingerprint density at radius 2 is 1.82 bits per heavy atom. The van der Waals surface area contributed by atoms with Gasteiger partial charge >= 0.3 is 5.97 Å². The molecule has 0 radical (unpaired) electrons. The number of hydrogen-bond donors (Lipinski definition) is 0. The SMILES string of the molecule is COc1cc(CC(=O)OCC(=O)N2CCN(c3ncccn3)CC2)ccc1C. The maximum atomic E-state index is 12.3. The van der Waals surface area contributed by atoms with Crippen LogP contribution in [0.25, 0.3) is 0 Å². The van der Waals surface area contributed by atoms with Crippen LogP contribution in [-0.2, 0) is 20.7 Å². The lowest BCUT2D eigenvalue weighted by Crippen LogP contribution is -2.50. The fourth-order valence-electron chi connectivity index (χ4n) is 3.04.